The molecule has 214 valence electrons. The number of fused-ring (bicyclic) bond motifs is 3. The number of hydrogen-bond acceptors (Lipinski definition) is 5. The number of amides is 2. The monoisotopic (exact) mass is 556 g/mol. The predicted molar refractivity (Wildman–Crippen MR) is 154 cm³/mol. The minimum Gasteiger partial charge on any atom is -0.480 e. The van der Waals surface area contributed by atoms with Gasteiger partial charge in [0, 0.05) is 12.0 Å². The van der Waals surface area contributed by atoms with Crippen LogP contribution in [0.5, 0.6) is 0 Å². The van der Waals surface area contributed by atoms with Crippen molar-refractivity contribution in [2.24, 2.45) is 5.41 Å². The molecule has 3 aromatic rings. The van der Waals surface area contributed by atoms with Crippen LogP contribution in [0, 0.1) is 5.41 Å². The van der Waals surface area contributed by atoms with Crippen LogP contribution in [-0.2, 0) is 25.7 Å². The van der Waals surface area contributed by atoms with E-state index in [9.17, 15) is 19.5 Å². The number of carbonyl (C=O) groups is 3. The van der Waals surface area contributed by atoms with E-state index in [-0.39, 0.29) is 19.1 Å². The second kappa shape index (κ2) is 12.1. The smallest absolute Gasteiger partial charge is 0.407 e. The van der Waals surface area contributed by atoms with E-state index in [4.69, 9.17) is 9.47 Å². The number of rotatable bonds is 10. The van der Waals surface area contributed by atoms with Gasteiger partial charge in [-0.25, -0.2) is 9.59 Å². The standard InChI is InChI=1S/C33H36N2O6/c1-21(40-19-22-11-4-3-5-12-22)29(30(36)37)35-31(38)33(2)18-10-17-28(33)34-32(39)41-20-27-25-15-8-6-13-23(25)24-14-7-9-16-26(24)27/h3-9,11-16,21,27-29H,10,17-20H2,1-2H3,(H,34,39)(H,35,38)(H,36,37)/t21-,28?,29+,33?/m1/s1. The van der Waals surface area contributed by atoms with Crippen LogP contribution in [0.1, 0.15) is 55.7 Å². The van der Waals surface area contributed by atoms with Gasteiger partial charge in [-0.05, 0) is 54.5 Å². The molecule has 0 aromatic heterocycles. The van der Waals surface area contributed by atoms with Gasteiger partial charge in [0.2, 0.25) is 5.91 Å². The molecule has 2 aliphatic rings. The van der Waals surface area contributed by atoms with Gasteiger partial charge < -0.3 is 25.2 Å². The lowest BCUT2D eigenvalue weighted by atomic mass is 9.83. The van der Waals surface area contributed by atoms with Crippen molar-refractivity contribution in [1.29, 1.82) is 0 Å². The minimum atomic E-state index is -1.24. The van der Waals surface area contributed by atoms with Gasteiger partial charge in [0.25, 0.3) is 0 Å². The number of nitrogens with one attached hydrogen (secondary N) is 2. The van der Waals surface area contributed by atoms with Gasteiger partial charge >= 0.3 is 12.1 Å². The minimum absolute atomic E-state index is 0.0693. The third-order valence-electron chi connectivity index (χ3n) is 8.49. The summed E-state index contributed by atoms with van der Waals surface area (Å²) in [5.41, 5.74) is 4.45. The zero-order valence-electron chi connectivity index (χ0n) is 23.3. The van der Waals surface area contributed by atoms with Crippen molar-refractivity contribution in [3.63, 3.8) is 0 Å². The van der Waals surface area contributed by atoms with E-state index in [1.807, 2.05) is 54.6 Å². The molecule has 0 radical (unpaired) electrons. The highest BCUT2D eigenvalue weighted by Gasteiger charge is 2.47. The third-order valence-corrected chi connectivity index (χ3v) is 8.49. The maximum absolute atomic E-state index is 13.5. The number of carbonyl (C=O) groups excluding carboxylic acids is 2. The molecule has 8 heteroatoms. The summed E-state index contributed by atoms with van der Waals surface area (Å²) < 4.78 is 11.5. The van der Waals surface area contributed by atoms with E-state index in [1.165, 1.54) is 0 Å². The molecule has 3 N–H and O–H groups in total. The molecule has 8 nitrogen and oxygen atoms in total. The number of alkyl carbamates (subject to hydrolysis) is 1. The van der Waals surface area contributed by atoms with Crippen LogP contribution >= 0.6 is 0 Å². The number of benzene rings is 3. The molecule has 0 saturated heterocycles. The molecule has 0 spiro atoms. The topological polar surface area (TPSA) is 114 Å². The molecule has 1 fully saturated rings. The lowest BCUT2D eigenvalue weighted by molar-refractivity contribution is -0.148. The summed E-state index contributed by atoms with van der Waals surface area (Å²) in [6.45, 7) is 3.79. The summed E-state index contributed by atoms with van der Waals surface area (Å²) in [5.74, 6) is -1.68. The Hall–Kier alpha value is -4.17. The van der Waals surface area contributed by atoms with Crippen molar-refractivity contribution in [3.8, 4) is 11.1 Å². The Labute approximate surface area is 240 Å². The highest BCUT2D eigenvalue weighted by atomic mass is 16.5. The summed E-state index contributed by atoms with van der Waals surface area (Å²) >= 11 is 0. The Morgan fingerprint density at radius 2 is 1.56 bits per heavy atom. The maximum atomic E-state index is 13.5. The maximum Gasteiger partial charge on any atom is 0.407 e. The molecular formula is C33H36N2O6. The lowest BCUT2D eigenvalue weighted by Crippen LogP contribution is -2.57. The van der Waals surface area contributed by atoms with Crippen molar-refractivity contribution < 1.29 is 29.0 Å². The molecule has 0 heterocycles. The number of carboxylic acid groups (broad SMARTS) is 1. The van der Waals surface area contributed by atoms with Crippen molar-refractivity contribution >= 4 is 18.0 Å². The molecule has 3 aromatic carbocycles. The summed E-state index contributed by atoms with van der Waals surface area (Å²) in [4.78, 5) is 38.5. The average Bonchev–Trinajstić information content (AvgIpc) is 3.51. The number of hydrogen-bond donors (Lipinski definition) is 3. The van der Waals surface area contributed by atoms with Gasteiger partial charge in [-0.3, -0.25) is 4.79 Å². The second-order valence-electron chi connectivity index (χ2n) is 11.1. The quantitative estimate of drug-likeness (QED) is 0.314. The summed E-state index contributed by atoms with van der Waals surface area (Å²) in [6, 6.07) is 23.9. The zero-order chi connectivity index (χ0) is 29.0. The van der Waals surface area contributed by atoms with Crippen LogP contribution < -0.4 is 10.6 Å². The summed E-state index contributed by atoms with van der Waals surface area (Å²) in [5, 5.41) is 15.4. The molecule has 5 rings (SSSR count). The lowest BCUT2D eigenvalue weighted by Gasteiger charge is -2.33. The molecule has 2 aliphatic carbocycles. The van der Waals surface area contributed by atoms with Gasteiger partial charge in [0.05, 0.1) is 18.1 Å². The predicted octanol–water partition coefficient (Wildman–Crippen LogP) is 5.26. The molecule has 0 bridgehead atoms. The second-order valence-corrected chi connectivity index (χ2v) is 11.1. The molecule has 4 atom stereocenters. The van der Waals surface area contributed by atoms with Gasteiger partial charge in [-0.2, -0.15) is 0 Å². The third kappa shape index (κ3) is 5.98. The highest BCUT2D eigenvalue weighted by molar-refractivity contribution is 5.89. The fraction of sp³-hybridized carbons (Fsp3) is 0.364. The van der Waals surface area contributed by atoms with Crippen LogP contribution in [0.3, 0.4) is 0 Å². The van der Waals surface area contributed by atoms with Crippen molar-refractivity contribution in [2.45, 2.75) is 63.8 Å². The Balaban J connectivity index is 1.19. The SMILES string of the molecule is C[C@@H](OCc1ccccc1)[C@H](NC(=O)C1(C)CCCC1NC(=O)OCC1c2ccccc2-c2ccccc21)C(=O)O. The fourth-order valence-corrected chi connectivity index (χ4v) is 6.04. The Bertz CT molecular complexity index is 1360. The first-order valence-corrected chi connectivity index (χ1v) is 14.1. The first-order chi connectivity index (χ1) is 19.8. The van der Waals surface area contributed by atoms with E-state index in [0.29, 0.717) is 12.8 Å². The summed E-state index contributed by atoms with van der Waals surface area (Å²) in [7, 11) is 0. The van der Waals surface area contributed by atoms with Gasteiger partial charge in [-0.15, -0.1) is 0 Å². The van der Waals surface area contributed by atoms with Crippen LogP contribution in [0.2, 0.25) is 0 Å². The molecule has 2 unspecified atom stereocenters. The first-order valence-electron chi connectivity index (χ1n) is 14.1. The van der Waals surface area contributed by atoms with E-state index in [0.717, 1.165) is 34.2 Å². The molecule has 1 saturated carbocycles. The molecular weight excluding hydrogens is 520 g/mol. The average molecular weight is 557 g/mol. The largest absolute Gasteiger partial charge is 0.480 e. The van der Waals surface area contributed by atoms with Gasteiger partial charge in [-0.1, -0.05) is 85.3 Å². The van der Waals surface area contributed by atoms with Crippen LogP contribution in [0.25, 0.3) is 11.1 Å². The van der Waals surface area contributed by atoms with Crippen LogP contribution in [0.15, 0.2) is 78.9 Å². The van der Waals surface area contributed by atoms with Gasteiger partial charge in [0.1, 0.15) is 6.61 Å². The van der Waals surface area contributed by atoms with Crippen molar-refractivity contribution in [3.05, 3.63) is 95.6 Å². The van der Waals surface area contributed by atoms with Crippen molar-refractivity contribution in [2.75, 3.05) is 6.61 Å². The number of carboxylic acids is 1. The highest BCUT2D eigenvalue weighted by Crippen LogP contribution is 2.44. The van der Waals surface area contributed by atoms with Gasteiger partial charge in [0.15, 0.2) is 6.04 Å². The Morgan fingerprint density at radius 3 is 2.20 bits per heavy atom. The number of aliphatic carboxylic acids is 1. The van der Waals surface area contributed by atoms with E-state index < -0.39 is 41.6 Å². The van der Waals surface area contributed by atoms with E-state index in [1.54, 1.807) is 13.8 Å². The fourth-order valence-electron chi connectivity index (χ4n) is 6.04. The Kier molecular flexibility index (Phi) is 8.40. The van der Waals surface area contributed by atoms with Crippen molar-refractivity contribution in [1.82, 2.24) is 10.6 Å². The van der Waals surface area contributed by atoms with E-state index >= 15 is 0 Å². The van der Waals surface area contributed by atoms with Crippen LogP contribution in [0.4, 0.5) is 4.79 Å². The molecule has 2 amide bonds. The normalized spacial score (nSPS) is 20.9. The first kappa shape index (κ1) is 28.4. The number of ether oxygens (including phenoxy) is 2. The van der Waals surface area contributed by atoms with E-state index in [2.05, 4.69) is 34.9 Å². The van der Waals surface area contributed by atoms with Crippen LogP contribution in [-0.4, -0.2) is 47.9 Å². The zero-order valence-corrected chi connectivity index (χ0v) is 23.3. The molecule has 41 heavy (non-hydrogen) atoms. The summed E-state index contributed by atoms with van der Waals surface area (Å²) in [6.07, 6.45) is 0.461. The Morgan fingerprint density at radius 1 is 0.951 bits per heavy atom. The molecule has 0 aliphatic heterocycles.